The van der Waals surface area contributed by atoms with Crippen molar-refractivity contribution in [1.82, 2.24) is 0 Å². The van der Waals surface area contributed by atoms with Crippen molar-refractivity contribution in [2.75, 3.05) is 19.0 Å². The number of rotatable bonds is 5. The molecular formula is C19H19NO4. The van der Waals surface area contributed by atoms with Gasteiger partial charge in [-0.3, -0.25) is 4.79 Å². The van der Waals surface area contributed by atoms with Crippen LogP contribution in [0.4, 0.5) is 5.69 Å². The number of esters is 1. The molecule has 3 rings (SSSR count). The summed E-state index contributed by atoms with van der Waals surface area (Å²) in [6.45, 7) is -0.176. The normalized spacial score (nSPS) is 12.4. The van der Waals surface area contributed by atoms with Crippen LogP contribution in [-0.4, -0.2) is 25.6 Å². The monoisotopic (exact) mass is 325 g/mol. The Bertz CT molecular complexity index is 770. The molecular weight excluding hydrogens is 306 g/mol. The second kappa shape index (κ2) is 7.17. The van der Waals surface area contributed by atoms with E-state index in [2.05, 4.69) is 11.4 Å². The third-order valence-corrected chi connectivity index (χ3v) is 4.03. The minimum atomic E-state index is -0.496. The van der Waals surface area contributed by atoms with E-state index in [1.54, 1.807) is 24.3 Å². The van der Waals surface area contributed by atoms with Crippen LogP contribution < -0.4 is 10.1 Å². The molecule has 1 N–H and O–H groups in total. The molecule has 1 amide bonds. The van der Waals surface area contributed by atoms with Gasteiger partial charge >= 0.3 is 5.97 Å². The molecule has 0 aromatic heterocycles. The fourth-order valence-electron chi connectivity index (χ4n) is 2.86. The third-order valence-electron chi connectivity index (χ3n) is 4.03. The largest absolute Gasteiger partial charge is 0.483 e. The average Bonchev–Trinajstić information content (AvgIpc) is 3.07. The Morgan fingerprint density at radius 2 is 1.88 bits per heavy atom. The van der Waals surface area contributed by atoms with Crippen molar-refractivity contribution in [3.8, 4) is 5.75 Å². The number of amides is 1. The van der Waals surface area contributed by atoms with Crippen LogP contribution in [0.3, 0.4) is 0 Å². The van der Waals surface area contributed by atoms with Crippen molar-refractivity contribution in [1.29, 1.82) is 0 Å². The minimum Gasteiger partial charge on any atom is -0.483 e. The first-order valence-electron chi connectivity index (χ1n) is 7.89. The number of carbonyl (C=O) groups excluding carboxylic acids is 2. The van der Waals surface area contributed by atoms with Crippen molar-refractivity contribution in [3.05, 3.63) is 59.2 Å². The quantitative estimate of drug-likeness (QED) is 0.858. The SMILES string of the molecule is COC(=O)c1ccccc1OCC(=O)Nc1ccc2c(c1)CCC2. The smallest absolute Gasteiger partial charge is 0.341 e. The average molecular weight is 325 g/mol. The van der Waals surface area contributed by atoms with Gasteiger partial charge in [0.05, 0.1) is 7.11 Å². The molecule has 0 radical (unpaired) electrons. The van der Waals surface area contributed by atoms with Crippen molar-refractivity contribution in [3.63, 3.8) is 0 Å². The number of methoxy groups -OCH3 is 1. The number of ether oxygens (including phenoxy) is 2. The molecule has 5 nitrogen and oxygen atoms in total. The van der Waals surface area contributed by atoms with E-state index in [0.29, 0.717) is 11.3 Å². The van der Waals surface area contributed by atoms with E-state index >= 15 is 0 Å². The number of para-hydroxylation sites is 1. The van der Waals surface area contributed by atoms with E-state index < -0.39 is 5.97 Å². The lowest BCUT2D eigenvalue weighted by molar-refractivity contribution is -0.118. The Balaban J connectivity index is 1.61. The van der Waals surface area contributed by atoms with Crippen LogP contribution in [0.2, 0.25) is 0 Å². The highest BCUT2D eigenvalue weighted by atomic mass is 16.5. The predicted octanol–water partition coefficient (Wildman–Crippen LogP) is 2.98. The molecule has 5 heteroatoms. The summed E-state index contributed by atoms with van der Waals surface area (Å²) in [5.41, 5.74) is 3.72. The van der Waals surface area contributed by atoms with Gasteiger partial charge in [0.15, 0.2) is 6.61 Å². The maximum atomic E-state index is 12.1. The zero-order chi connectivity index (χ0) is 16.9. The summed E-state index contributed by atoms with van der Waals surface area (Å²) in [7, 11) is 1.31. The molecule has 0 heterocycles. The van der Waals surface area contributed by atoms with Gasteiger partial charge in [0.1, 0.15) is 11.3 Å². The van der Waals surface area contributed by atoms with Crippen LogP contribution in [0.5, 0.6) is 5.75 Å². The molecule has 1 aliphatic rings. The number of fused-ring (bicyclic) bond motifs is 1. The summed E-state index contributed by atoms with van der Waals surface area (Å²) in [5.74, 6) is -0.439. The van der Waals surface area contributed by atoms with Gasteiger partial charge in [0.2, 0.25) is 0 Å². The molecule has 0 unspecified atom stereocenters. The van der Waals surface area contributed by atoms with Gasteiger partial charge in [-0.2, -0.15) is 0 Å². The van der Waals surface area contributed by atoms with Crippen LogP contribution in [-0.2, 0) is 22.4 Å². The summed E-state index contributed by atoms with van der Waals surface area (Å²) >= 11 is 0. The number of anilines is 1. The Labute approximate surface area is 140 Å². The van der Waals surface area contributed by atoms with Crippen molar-refractivity contribution < 1.29 is 19.1 Å². The minimum absolute atomic E-state index is 0.176. The molecule has 124 valence electrons. The first-order valence-corrected chi connectivity index (χ1v) is 7.89. The second-order valence-electron chi connectivity index (χ2n) is 5.66. The van der Waals surface area contributed by atoms with Crippen LogP contribution in [0.1, 0.15) is 27.9 Å². The van der Waals surface area contributed by atoms with Crippen molar-refractivity contribution in [2.45, 2.75) is 19.3 Å². The van der Waals surface area contributed by atoms with Gasteiger partial charge in [0.25, 0.3) is 5.91 Å². The molecule has 0 fully saturated rings. The fraction of sp³-hybridized carbons (Fsp3) is 0.263. The molecule has 0 saturated carbocycles. The Morgan fingerprint density at radius 3 is 2.71 bits per heavy atom. The van der Waals surface area contributed by atoms with Gasteiger partial charge in [-0.05, 0) is 54.7 Å². The maximum Gasteiger partial charge on any atom is 0.341 e. The van der Waals surface area contributed by atoms with E-state index in [9.17, 15) is 9.59 Å². The van der Waals surface area contributed by atoms with Gasteiger partial charge in [0, 0.05) is 5.69 Å². The molecule has 1 aliphatic carbocycles. The Morgan fingerprint density at radius 1 is 1.08 bits per heavy atom. The standard InChI is InChI=1S/C19H19NO4/c1-23-19(22)16-7-2-3-8-17(16)24-12-18(21)20-15-10-9-13-5-4-6-14(13)11-15/h2-3,7-11H,4-6,12H2,1H3,(H,20,21). The number of benzene rings is 2. The lowest BCUT2D eigenvalue weighted by Crippen LogP contribution is -2.21. The van der Waals surface area contributed by atoms with E-state index in [1.807, 2.05) is 12.1 Å². The fourth-order valence-corrected chi connectivity index (χ4v) is 2.86. The topological polar surface area (TPSA) is 64.6 Å². The lowest BCUT2D eigenvalue weighted by atomic mass is 10.1. The van der Waals surface area contributed by atoms with Gasteiger partial charge in [-0.1, -0.05) is 18.2 Å². The number of carbonyl (C=O) groups is 2. The molecule has 0 spiro atoms. The molecule has 24 heavy (non-hydrogen) atoms. The summed E-state index contributed by atoms with van der Waals surface area (Å²) in [6.07, 6.45) is 3.33. The Kier molecular flexibility index (Phi) is 4.79. The molecule has 0 atom stereocenters. The molecule has 0 saturated heterocycles. The molecule has 2 aromatic carbocycles. The highest BCUT2D eigenvalue weighted by molar-refractivity contribution is 5.94. The zero-order valence-electron chi connectivity index (χ0n) is 13.5. The van der Waals surface area contributed by atoms with Gasteiger partial charge < -0.3 is 14.8 Å². The van der Waals surface area contributed by atoms with E-state index in [4.69, 9.17) is 9.47 Å². The molecule has 0 aliphatic heterocycles. The number of hydrogen-bond donors (Lipinski definition) is 1. The number of nitrogens with one attached hydrogen (secondary N) is 1. The zero-order valence-corrected chi connectivity index (χ0v) is 13.5. The van der Waals surface area contributed by atoms with Gasteiger partial charge in [-0.25, -0.2) is 4.79 Å². The highest BCUT2D eigenvalue weighted by Gasteiger charge is 2.14. The van der Waals surface area contributed by atoms with Crippen LogP contribution >= 0.6 is 0 Å². The van der Waals surface area contributed by atoms with Gasteiger partial charge in [-0.15, -0.1) is 0 Å². The third kappa shape index (κ3) is 3.56. The number of hydrogen-bond acceptors (Lipinski definition) is 4. The first-order chi connectivity index (χ1) is 11.7. The van der Waals surface area contributed by atoms with E-state index in [-0.39, 0.29) is 12.5 Å². The Hall–Kier alpha value is -2.82. The van der Waals surface area contributed by atoms with Crippen LogP contribution in [0.25, 0.3) is 0 Å². The van der Waals surface area contributed by atoms with Crippen molar-refractivity contribution in [2.24, 2.45) is 0 Å². The van der Waals surface area contributed by atoms with Crippen LogP contribution in [0.15, 0.2) is 42.5 Å². The molecule has 0 bridgehead atoms. The highest BCUT2D eigenvalue weighted by Crippen LogP contribution is 2.25. The summed E-state index contributed by atoms with van der Waals surface area (Å²) in [5, 5.41) is 2.82. The lowest BCUT2D eigenvalue weighted by Gasteiger charge is -2.11. The summed E-state index contributed by atoms with van der Waals surface area (Å²) in [6, 6.07) is 12.7. The summed E-state index contributed by atoms with van der Waals surface area (Å²) in [4.78, 5) is 23.8. The van der Waals surface area contributed by atoms with E-state index in [1.165, 1.54) is 24.7 Å². The maximum absolute atomic E-state index is 12.1. The van der Waals surface area contributed by atoms with Crippen molar-refractivity contribution >= 4 is 17.6 Å². The second-order valence-corrected chi connectivity index (χ2v) is 5.66. The summed E-state index contributed by atoms with van der Waals surface area (Å²) < 4.78 is 10.2. The first kappa shape index (κ1) is 16.1. The number of aryl methyl sites for hydroxylation is 2. The predicted molar refractivity (Wildman–Crippen MR) is 90.4 cm³/mol. The van der Waals surface area contributed by atoms with E-state index in [0.717, 1.165) is 18.5 Å². The molecule has 2 aromatic rings. The van der Waals surface area contributed by atoms with Crippen LogP contribution in [0, 0.1) is 0 Å².